The van der Waals surface area contributed by atoms with Crippen LogP contribution in [0.2, 0.25) is 0 Å². The Morgan fingerprint density at radius 2 is 1.80 bits per heavy atom. The van der Waals surface area contributed by atoms with Crippen molar-refractivity contribution in [2.45, 2.75) is 26.1 Å². The molecule has 1 aromatic rings. The lowest BCUT2D eigenvalue weighted by atomic mass is 10.1. The summed E-state index contributed by atoms with van der Waals surface area (Å²) in [6.45, 7) is 6.46. The first-order valence-corrected chi connectivity index (χ1v) is 5.71. The van der Waals surface area contributed by atoms with Gasteiger partial charge in [0.15, 0.2) is 6.10 Å². The summed E-state index contributed by atoms with van der Waals surface area (Å²) in [7, 11) is 0. The van der Waals surface area contributed by atoms with Crippen molar-refractivity contribution in [1.29, 1.82) is 0 Å². The SMILES string of the molecule is C=C(C)C#CC(OC(C)=O)c1ccc(C(F)(F)F)cc1. The first-order valence-electron chi connectivity index (χ1n) is 5.71. The Kier molecular flexibility index (Phi) is 4.98. The lowest BCUT2D eigenvalue weighted by Gasteiger charge is -2.13. The van der Waals surface area contributed by atoms with Crippen molar-refractivity contribution in [2.75, 3.05) is 0 Å². The van der Waals surface area contributed by atoms with Crippen LogP contribution in [0.5, 0.6) is 0 Å². The largest absolute Gasteiger partial charge is 0.444 e. The fourth-order valence-corrected chi connectivity index (χ4v) is 1.38. The Bertz CT molecular complexity index is 560. The maximum absolute atomic E-state index is 12.5. The van der Waals surface area contributed by atoms with E-state index in [4.69, 9.17) is 4.74 Å². The van der Waals surface area contributed by atoms with Gasteiger partial charge in [-0.1, -0.05) is 24.6 Å². The summed E-state index contributed by atoms with van der Waals surface area (Å²) in [6.07, 6.45) is -5.31. The summed E-state index contributed by atoms with van der Waals surface area (Å²) in [6, 6.07) is 4.33. The van der Waals surface area contributed by atoms with E-state index in [0.29, 0.717) is 11.1 Å². The van der Waals surface area contributed by atoms with Gasteiger partial charge in [-0.25, -0.2) is 0 Å². The Morgan fingerprint density at radius 1 is 1.25 bits per heavy atom. The molecule has 0 radical (unpaired) electrons. The van der Waals surface area contributed by atoms with E-state index >= 15 is 0 Å². The molecule has 106 valence electrons. The normalized spacial score (nSPS) is 12.1. The van der Waals surface area contributed by atoms with E-state index in [9.17, 15) is 18.0 Å². The average molecular weight is 282 g/mol. The number of ether oxygens (including phenoxy) is 1. The molecule has 1 rings (SSSR count). The minimum absolute atomic E-state index is 0.377. The van der Waals surface area contributed by atoms with Crippen LogP contribution in [0.1, 0.15) is 31.1 Å². The van der Waals surface area contributed by atoms with Gasteiger partial charge in [0.05, 0.1) is 5.56 Å². The zero-order valence-electron chi connectivity index (χ0n) is 11.0. The van der Waals surface area contributed by atoms with Crippen molar-refractivity contribution >= 4 is 5.97 Å². The van der Waals surface area contributed by atoms with Crippen LogP contribution >= 0.6 is 0 Å². The average Bonchev–Trinajstić information content (AvgIpc) is 2.33. The smallest absolute Gasteiger partial charge is 0.416 e. The topological polar surface area (TPSA) is 26.3 Å². The van der Waals surface area contributed by atoms with E-state index < -0.39 is 23.8 Å². The second kappa shape index (κ2) is 6.29. The molecule has 2 nitrogen and oxygen atoms in total. The van der Waals surface area contributed by atoms with Gasteiger partial charge in [0.25, 0.3) is 0 Å². The molecule has 0 amide bonds. The fourth-order valence-electron chi connectivity index (χ4n) is 1.38. The number of benzene rings is 1. The van der Waals surface area contributed by atoms with Crippen molar-refractivity contribution < 1.29 is 22.7 Å². The Balaban J connectivity index is 3.06. The van der Waals surface area contributed by atoms with Crippen molar-refractivity contribution in [3.05, 3.63) is 47.5 Å². The maximum Gasteiger partial charge on any atom is 0.416 e. The van der Waals surface area contributed by atoms with E-state index in [2.05, 4.69) is 18.4 Å². The number of rotatable bonds is 2. The molecule has 0 heterocycles. The molecule has 0 aromatic heterocycles. The standard InChI is InChI=1S/C15H13F3O2/c1-10(2)4-9-14(20-11(3)19)12-5-7-13(8-6-12)15(16,17)18/h5-8,14H,1H2,2-3H3. The highest BCUT2D eigenvalue weighted by Gasteiger charge is 2.30. The number of hydrogen-bond acceptors (Lipinski definition) is 2. The monoisotopic (exact) mass is 282 g/mol. The molecule has 0 saturated heterocycles. The summed E-state index contributed by atoms with van der Waals surface area (Å²) in [4.78, 5) is 11.0. The Labute approximate surface area is 115 Å². The highest BCUT2D eigenvalue weighted by molar-refractivity contribution is 5.66. The van der Waals surface area contributed by atoms with E-state index in [-0.39, 0.29) is 0 Å². The Morgan fingerprint density at radius 3 is 2.20 bits per heavy atom. The van der Waals surface area contributed by atoms with Crippen LogP contribution in [-0.4, -0.2) is 5.97 Å². The van der Waals surface area contributed by atoms with Gasteiger partial charge in [-0.2, -0.15) is 13.2 Å². The van der Waals surface area contributed by atoms with Crippen LogP contribution in [0.3, 0.4) is 0 Å². The van der Waals surface area contributed by atoms with Crippen molar-refractivity contribution in [1.82, 2.24) is 0 Å². The first kappa shape index (κ1) is 15.8. The lowest BCUT2D eigenvalue weighted by Crippen LogP contribution is -2.08. The molecule has 1 atom stereocenters. The zero-order chi connectivity index (χ0) is 15.3. The van der Waals surface area contributed by atoms with Gasteiger partial charge in [0, 0.05) is 12.5 Å². The molecule has 1 unspecified atom stereocenters. The number of allylic oxidation sites excluding steroid dienone is 1. The predicted octanol–water partition coefficient (Wildman–Crippen LogP) is 3.89. The molecule has 5 heteroatoms. The zero-order valence-corrected chi connectivity index (χ0v) is 11.0. The maximum atomic E-state index is 12.5. The third-order valence-corrected chi connectivity index (χ3v) is 2.24. The lowest BCUT2D eigenvalue weighted by molar-refractivity contribution is -0.144. The summed E-state index contributed by atoms with van der Waals surface area (Å²) in [5.74, 6) is 4.74. The van der Waals surface area contributed by atoms with Gasteiger partial charge in [-0.3, -0.25) is 4.79 Å². The van der Waals surface area contributed by atoms with E-state index in [1.807, 2.05) is 0 Å². The van der Waals surface area contributed by atoms with Crippen molar-refractivity contribution in [2.24, 2.45) is 0 Å². The third-order valence-electron chi connectivity index (χ3n) is 2.24. The fraction of sp³-hybridized carbons (Fsp3) is 0.267. The van der Waals surface area contributed by atoms with Gasteiger partial charge in [0.1, 0.15) is 0 Å². The molecule has 0 aliphatic rings. The molecule has 20 heavy (non-hydrogen) atoms. The Hall–Kier alpha value is -2.22. The molecular formula is C15H13F3O2. The molecular weight excluding hydrogens is 269 g/mol. The van der Waals surface area contributed by atoms with Crippen LogP contribution in [0.4, 0.5) is 13.2 Å². The molecule has 0 N–H and O–H groups in total. The van der Waals surface area contributed by atoms with E-state index in [0.717, 1.165) is 12.1 Å². The van der Waals surface area contributed by atoms with Crippen LogP contribution in [-0.2, 0) is 15.7 Å². The third kappa shape index (κ3) is 4.81. The van der Waals surface area contributed by atoms with Gasteiger partial charge >= 0.3 is 12.1 Å². The summed E-state index contributed by atoms with van der Waals surface area (Å²) in [5.41, 5.74) is 0.173. The molecule has 0 aliphatic heterocycles. The summed E-state index contributed by atoms with van der Waals surface area (Å²) >= 11 is 0. The van der Waals surface area contributed by atoms with Gasteiger partial charge in [-0.15, -0.1) is 0 Å². The molecule has 0 bridgehead atoms. The number of carbonyl (C=O) groups is 1. The van der Waals surface area contributed by atoms with Gasteiger partial charge < -0.3 is 4.74 Å². The molecule has 0 saturated carbocycles. The number of carbonyl (C=O) groups excluding carboxylic acids is 1. The van der Waals surface area contributed by atoms with Gasteiger partial charge in [-0.05, 0) is 30.6 Å². The predicted molar refractivity (Wildman–Crippen MR) is 68.5 cm³/mol. The molecule has 0 fully saturated rings. The number of alkyl halides is 3. The van der Waals surface area contributed by atoms with Crippen molar-refractivity contribution in [3.8, 4) is 11.8 Å². The van der Waals surface area contributed by atoms with Crippen LogP contribution < -0.4 is 0 Å². The van der Waals surface area contributed by atoms with Gasteiger partial charge in [0.2, 0.25) is 0 Å². The highest BCUT2D eigenvalue weighted by atomic mass is 19.4. The first-order chi connectivity index (χ1) is 9.20. The second-order valence-electron chi connectivity index (χ2n) is 4.16. The molecule has 0 spiro atoms. The quantitative estimate of drug-likeness (QED) is 0.607. The molecule has 0 aliphatic carbocycles. The second-order valence-corrected chi connectivity index (χ2v) is 4.16. The van der Waals surface area contributed by atoms with Crippen LogP contribution in [0.25, 0.3) is 0 Å². The van der Waals surface area contributed by atoms with E-state index in [1.165, 1.54) is 19.1 Å². The number of halogens is 3. The van der Waals surface area contributed by atoms with Crippen molar-refractivity contribution in [3.63, 3.8) is 0 Å². The summed E-state index contributed by atoms with van der Waals surface area (Å²) < 4.78 is 42.4. The number of esters is 1. The summed E-state index contributed by atoms with van der Waals surface area (Å²) in [5, 5.41) is 0. The minimum Gasteiger partial charge on any atom is -0.444 e. The van der Waals surface area contributed by atoms with Crippen LogP contribution in [0, 0.1) is 11.8 Å². The van der Waals surface area contributed by atoms with E-state index in [1.54, 1.807) is 6.92 Å². The highest BCUT2D eigenvalue weighted by Crippen LogP contribution is 2.30. The van der Waals surface area contributed by atoms with Crippen LogP contribution in [0.15, 0.2) is 36.4 Å². The number of hydrogen-bond donors (Lipinski definition) is 0. The molecule has 1 aromatic carbocycles. The minimum atomic E-state index is -4.40.